The fourth-order valence-corrected chi connectivity index (χ4v) is 1.76. The first-order valence-corrected chi connectivity index (χ1v) is 5.20. The Morgan fingerprint density at radius 3 is 2.41 bits per heavy atom. The minimum Gasteiger partial charge on any atom is -0.303 e. The van der Waals surface area contributed by atoms with Gasteiger partial charge in [-0.05, 0) is 17.2 Å². The lowest BCUT2D eigenvalue weighted by Crippen LogP contribution is -1.94. The second-order valence-corrected chi connectivity index (χ2v) is 3.63. The predicted molar refractivity (Wildman–Crippen MR) is 61.6 cm³/mol. The standard InChI is InChI=1S/C14H10F2O/c15-13-7-3-6-12(14(13)16)11-5-2-1-4-10(11)8-9-17/h1-7,9H,8H2. The Bertz CT molecular complexity index is 550. The van der Waals surface area contributed by atoms with E-state index in [1.807, 2.05) is 0 Å². The number of halogens is 2. The first-order valence-electron chi connectivity index (χ1n) is 5.20. The van der Waals surface area contributed by atoms with E-state index in [-0.39, 0.29) is 12.0 Å². The quantitative estimate of drug-likeness (QED) is 0.741. The van der Waals surface area contributed by atoms with Crippen LogP contribution in [0.25, 0.3) is 11.1 Å². The third-order valence-corrected chi connectivity index (χ3v) is 2.56. The van der Waals surface area contributed by atoms with Crippen LogP contribution in [0.3, 0.4) is 0 Å². The number of hydrogen-bond donors (Lipinski definition) is 0. The molecule has 17 heavy (non-hydrogen) atoms. The molecule has 0 saturated heterocycles. The normalized spacial score (nSPS) is 10.2. The van der Waals surface area contributed by atoms with Gasteiger partial charge in [0.1, 0.15) is 6.29 Å². The second kappa shape index (κ2) is 4.87. The highest BCUT2D eigenvalue weighted by molar-refractivity contribution is 5.71. The molecule has 0 spiro atoms. The van der Waals surface area contributed by atoms with Gasteiger partial charge in [0.15, 0.2) is 11.6 Å². The van der Waals surface area contributed by atoms with Gasteiger partial charge < -0.3 is 4.79 Å². The molecule has 2 aromatic carbocycles. The molecular formula is C14H10F2O. The van der Waals surface area contributed by atoms with Crippen molar-refractivity contribution in [2.45, 2.75) is 6.42 Å². The Hall–Kier alpha value is -2.03. The Morgan fingerprint density at radius 2 is 1.65 bits per heavy atom. The van der Waals surface area contributed by atoms with Crippen molar-refractivity contribution < 1.29 is 13.6 Å². The average Bonchev–Trinajstić information content (AvgIpc) is 2.34. The molecule has 0 aliphatic carbocycles. The molecule has 0 bridgehead atoms. The summed E-state index contributed by atoms with van der Waals surface area (Å²) in [6.07, 6.45) is 0.933. The van der Waals surface area contributed by atoms with Crippen molar-refractivity contribution in [1.29, 1.82) is 0 Å². The SMILES string of the molecule is O=CCc1ccccc1-c1cccc(F)c1F. The number of aldehydes is 1. The highest BCUT2D eigenvalue weighted by Gasteiger charge is 2.12. The van der Waals surface area contributed by atoms with Crippen molar-refractivity contribution in [1.82, 2.24) is 0 Å². The molecule has 0 aliphatic heterocycles. The summed E-state index contributed by atoms with van der Waals surface area (Å²) in [5, 5.41) is 0. The summed E-state index contributed by atoms with van der Waals surface area (Å²) in [4.78, 5) is 10.5. The van der Waals surface area contributed by atoms with Crippen LogP contribution in [0.1, 0.15) is 5.56 Å². The van der Waals surface area contributed by atoms with Crippen molar-refractivity contribution in [3.63, 3.8) is 0 Å². The van der Waals surface area contributed by atoms with E-state index in [1.165, 1.54) is 12.1 Å². The van der Waals surface area contributed by atoms with E-state index in [0.717, 1.165) is 12.4 Å². The summed E-state index contributed by atoms with van der Waals surface area (Å²) >= 11 is 0. The highest BCUT2D eigenvalue weighted by Crippen LogP contribution is 2.27. The Morgan fingerprint density at radius 1 is 0.941 bits per heavy atom. The molecule has 2 rings (SSSR count). The van der Waals surface area contributed by atoms with E-state index in [0.29, 0.717) is 11.1 Å². The lowest BCUT2D eigenvalue weighted by molar-refractivity contribution is -0.107. The van der Waals surface area contributed by atoms with Crippen LogP contribution in [-0.2, 0) is 11.2 Å². The molecule has 1 nitrogen and oxygen atoms in total. The van der Waals surface area contributed by atoms with Crippen molar-refractivity contribution >= 4 is 6.29 Å². The fraction of sp³-hybridized carbons (Fsp3) is 0.0714. The molecule has 0 radical (unpaired) electrons. The van der Waals surface area contributed by atoms with Crippen LogP contribution >= 0.6 is 0 Å². The molecule has 86 valence electrons. The molecule has 0 saturated carbocycles. The Labute approximate surface area is 97.7 Å². The first kappa shape index (κ1) is 11.5. The van der Waals surface area contributed by atoms with Crippen LogP contribution in [0, 0.1) is 11.6 Å². The van der Waals surface area contributed by atoms with Gasteiger partial charge in [-0.25, -0.2) is 8.78 Å². The number of carbonyl (C=O) groups excluding carboxylic acids is 1. The fourth-order valence-electron chi connectivity index (χ4n) is 1.76. The van der Waals surface area contributed by atoms with Gasteiger partial charge in [-0.2, -0.15) is 0 Å². The summed E-state index contributed by atoms with van der Waals surface area (Å²) in [5.74, 6) is -1.77. The van der Waals surface area contributed by atoms with Crippen molar-refractivity contribution in [3.8, 4) is 11.1 Å². The lowest BCUT2D eigenvalue weighted by atomic mass is 9.97. The van der Waals surface area contributed by atoms with Crippen LogP contribution in [0.4, 0.5) is 8.78 Å². The summed E-state index contributed by atoms with van der Waals surface area (Å²) in [6.45, 7) is 0. The van der Waals surface area contributed by atoms with Crippen molar-refractivity contribution in [2.75, 3.05) is 0 Å². The topological polar surface area (TPSA) is 17.1 Å². The molecule has 3 heteroatoms. The lowest BCUT2D eigenvalue weighted by Gasteiger charge is -2.08. The van der Waals surface area contributed by atoms with Crippen LogP contribution in [0.5, 0.6) is 0 Å². The van der Waals surface area contributed by atoms with Gasteiger partial charge in [-0.15, -0.1) is 0 Å². The third-order valence-electron chi connectivity index (χ3n) is 2.56. The number of carbonyl (C=O) groups is 1. The van der Waals surface area contributed by atoms with E-state index in [4.69, 9.17) is 0 Å². The maximum atomic E-state index is 13.6. The van der Waals surface area contributed by atoms with Crippen LogP contribution in [-0.4, -0.2) is 6.29 Å². The van der Waals surface area contributed by atoms with E-state index in [1.54, 1.807) is 24.3 Å². The van der Waals surface area contributed by atoms with E-state index >= 15 is 0 Å². The summed E-state index contributed by atoms with van der Waals surface area (Å²) in [5.41, 5.74) is 1.42. The molecule has 0 aliphatic rings. The van der Waals surface area contributed by atoms with Gasteiger partial charge in [0, 0.05) is 12.0 Å². The zero-order valence-corrected chi connectivity index (χ0v) is 8.99. The van der Waals surface area contributed by atoms with Gasteiger partial charge >= 0.3 is 0 Å². The Balaban J connectivity index is 2.60. The minimum absolute atomic E-state index is 0.183. The smallest absolute Gasteiger partial charge is 0.166 e. The number of hydrogen-bond acceptors (Lipinski definition) is 1. The van der Waals surface area contributed by atoms with Crippen molar-refractivity contribution in [2.24, 2.45) is 0 Å². The molecule has 0 atom stereocenters. The van der Waals surface area contributed by atoms with Gasteiger partial charge in [0.25, 0.3) is 0 Å². The second-order valence-electron chi connectivity index (χ2n) is 3.63. The molecule has 0 N–H and O–H groups in total. The number of benzene rings is 2. The molecule has 2 aromatic rings. The zero-order valence-electron chi connectivity index (χ0n) is 8.99. The predicted octanol–water partition coefficient (Wildman–Crippen LogP) is 3.37. The largest absolute Gasteiger partial charge is 0.303 e. The molecule has 0 fully saturated rings. The van der Waals surface area contributed by atoms with Gasteiger partial charge in [0.05, 0.1) is 0 Å². The van der Waals surface area contributed by atoms with E-state index in [2.05, 4.69) is 0 Å². The summed E-state index contributed by atoms with van der Waals surface area (Å²) in [6, 6.07) is 10.9. The van der Waals surface area contributed by atoms with Crippen LogP contribution in [0.2, 0.25) is 0 Å². The third kappa shape index (κ3) is 2.23. The van der Waals surface area contributed by atoms with E-state index < -0.39 is 11.6 Å². The highest BCUT2D eigenvalue weighted by atomic mass is 19.2. The maximum absolute atomic E-state index is 13.6. The van der Waals surface area contributed by atoms with Crippen molar-refractivity contribution in [3.05, 3.63) is 59.7 Å². The van der Waals surface area contributed by atoms with Crippen LogP contribution in [0.15, 0.2) is 42.5 Å². The summed E-state index contributed by atoms with van der Waals surface area (Å²) < 4.78 is 26.8. The van der Waals surface area contributed by atoms with Gasteiger partial charge in [0.2, 0.25) is 0 Å². The first-order chi connectivity index (χ1) is 8.24. The van der Waals surface area contributed by atoms with Crippen LogP contribution < -0.4 is 0 Å². The summed E-state index contributed by atoms with van der Waals surface area (Å²) in [7, 11) is 0. The molecule has 0 aromatic heterocycles. The molecular weight excluding hydrogens is 222 g/mol. The zero-order chi connectivity index (χ0) is 12.3. The van der Waals surface area contributed by atoms with Gasteiger partial charge in [-0.3, -0.25) is 0 Å². The van der Waals surface area contributed by atoms with Gasteiger partial charge in [-0.1, -0.05) is 36.4 Å². The monoisotopic (exact) mass is 232 g/mol. The molecule has 0 amide bonds. The average molecular weight is 232 g/mol. The molecule has 0 unspecified atom stereocenters. The number of rotatable bonds is 3. The Kier molecular flexibility index (Phi) is 3.28. The maximum Gasteiger partial charge on any atom is 0.166 e. The molecule has 0 heterocycles. The minimum atomic E-state index is -0.886. The van der Waals surface area contributed by atoms with E-state index in [9.17, 15) is 13.6 Å².